The van der Waals surface area contributed by atoms with E-state index in [1.165, 1.54) is 25.3 Å². The van der Waals surface area contributed by atoms with Crippen molar-refractivity contribution in [1.82, 2.24) is 5.32 Å². The van der Waals surface area contributed by atoms with Gasteiger partial charge < -0.3 is 20.5 Å². The Labute approximate surface area is 117 Å². The number of hydrogen-bond acceptors (Lipinski definition) is 5. The Kier molecular flexibility index (Phi) is 5.37. The van der Waals surface area contributed by atoms with Crippen molar-refractivity contribution < 1.29 is 18.7 Å². The fourth-order valence-electron chi connectivity index (χ4n) is 1.73. The molecule has 0 aliphatic rings. The largest absolute Gasteiger partial charge is 0.487 e. The van der Waals surface area contributed by atoms with E-state index >= 15 is 0 Å². The maximum atomic E-state index is 13.4. The van der Waals surface area contributed by atoms with Crippen LogP contribution >= 0.6 is 0 Å². The molecule has 1 atom stereocenters. The molecular weight excluding hydrogens is 263 g/mol. The van der Waals surface area contributed by atoms with Crippen LogP contribution in [-0.4, -0.2) is 20.1 Å². The highest BCUT2D eigenvalue weighted by Crippen LogP contribution is 2.25. The van der Waals surface area contributed by atoms with Crippen LogP contribution in [0.25, 0.3) is 0 Å². The van der Waals surface area contributed by atoms with Gasteiger partial charge in [-0.05, 0) is 32.0 Å². The molecule has 0 amide bonds. The summed E-state index contributed by atoms with van der Waals surface area (Å²) in [4.78, 5) is 11.7. The number of methoxy groups -OCH3 is 1. The molecule has 1 rings (SSSR count). The number of carbonyl (C=O) groups is 1. The first kappa shape index (κ1) is 15.8. The maximum absolute atomic E-state index is 13.4. The van der Waals surface area contributed by atoms with Crippen LogP contribution in [0.2, 0.25) is 0 Å². The molecule has 0 aromatic heterocycles. The van der Waals surface area contributed by atoms with E-state index in [2.05, 4.69) is 10.1 Å². The van der Waals surface area contributed by atoms with Crippen molar-refractivity contribution in [1.29, 1.82) is 0 Å². The van der Waals surface area contributed by atoms with Crippen molar-refractivity contribution in [3.63, 3.8) is 0 Å². The van der Waals surface area contributed by atoms with Gasteiger partial charge in [0.25, 0.3) is 0 Å². The smallest absolute Gasteiger partial charge is 0.338 e. The number of hydrogen-bond donors (Lipinski definition) is 2. The van der Waals surface area contributed by atoms with Crippen LogP contribution < -0.4 is 11.1 Å². The normalized spacial score (nSPS) is 13.2. The number of rotatable bonds is 5. The molecule has 0 saturated carbocycles. The second-order valence-corrected chi connectivity index (χ2v) is 4.20. The molecule has 0 aliphatic carbocycles. The SMILES string of the molecule is CN/C(N)=C(\C)O[C@H](C)c1cc(F)ccc1C(=O)OC. The van der Waals surface area contributed by atoms with Crippen molar-refractivity contribution in [3.05, 3.63) is 46.7 Å². The second-order valence-electron chi connectivity index (χ2n) is 4.20. The fourth-order valence-corrected chi connectivity index (χ4v) is 1.73. The van der Waals surface area contributed by atoms with Crippen LogP contribution in [0.4, 0.5) is 4.39 Å². The standard InChI is InChI=1S/C14H19FN2O3/c1-8(20-9(2)13(16)17-3)12-7-10(15)5-6-11(12)14(18)19-4/h5-8,17H,16H2,1-4H3/b13-9+/t8-/m1/s1. The van der Waals surface area contributed by atoms with Gasteiger partial charge in [0.2, 0.25) is 0 Å². The number of benzene rings is 1. The summed E-state index contributed by atoms with van der Waals surface area (Å²) in [5.41, 5.74) is 6.34. The van der Waals surface area contributed by atoms with Crippen LogP contribution in [0.1, 0.15) is 35.9 Å². The predicted octanol–water partition coefficient (Wildman–Crippen LogP) is 2.06. The third-order valence-electron chi connectivity index (χ3n) is 2.86. The second kappa shape index (κ2) is 6.79. The van der Waals surface area contributed by atoms with Crippen molar-refractivity contribution in [2.75, 3.05) is 14.2 Å². The molecule has 1 aromatic carbocycles. The maximum Gasteiger partial charge on any atom is 0.338 e. The Morgan fingerprint density at radius 1 is 1.45 bits per heavy atom. The highest BCUT2D eigenvalue weighted by atomic mass is 19.1. The van der Waals surface area contributed by atoms with Crippen LogP contribution in [0.15, 0.2) is 29.8 Å². The van der Waals surface area contributed by atoms with E-state index in [0.29, 0.717) is 17.1 Å². The molecule has 0 spiro atoms. The van der Waals surface area contributed by atoms with Gasteiger partial charge in [0, 0.05) is 12.6 Å². The summed E-state index contributed by atoms with van der Waals surface area (Å²) in [6.07, 6.45) is -0.549. The Bertz CT molecular complexity index is 529. The molecule has 0 unspecified atom stereocenters. The zero-order valence-corrected chi connectivity index (χ0v) is 12.0. The minimum Gasteiger partial charge on any atom is -0.487 e. The zero-order chi connectivity index (χ0) is 15.3. The third kappa shape index (κ3) is 3.63. The third-order valence-corrected chi connectivity index (χ3v) is 2.86. The van der Waals surface area contributed by atoms with Crippen LogP contribution in [-0.2, 0) is 9.47 Å². The minimum absolute atomic E-state index is 0.261. The summed E-state index contributed by atoms with van der Waals surface area (Å²) in [7, 11) is 2.93. The quantitative estimate of drug-likeness (QED) is 0.639. The Morgan fingerprint density at radius 3 is 2.65 bits per heavy atom. The summed E-state index contributed by atoms with van der Waals surface area (Å²) in [5.74, 6) is -0.169. The topological polar surface area (TPSA) is 73.6 Å². The van der Waals surface area contributed by atoms with E-state index in [1.54, 1.807) is 20.9 Å². The molecule has 0 aliphatic heterocycles. The van der Waals surface area contributed by atoms with Gasteiger partial charge in [-0.25, -0.2) is 9.18 Å². The van der Waals surface area contributed by atoms with Gasteiger partial charge in [-0.1, -0.05) is 0 Å². The predicted molar refractivity (Wildman–Crippen MR) is 73.2 cm³/mol. The summed E-state index contributed by atoms with van der Waals surface area (Å²) < 4.78 is 23.7. The van der Waals surface area contributed by atoms with E-state index in [9.17, 15) is 9.18 Å². The van der Waals surface area contributed by atoms with Gasteiger partial charge in [0.05, 0.1) is 12.7 Å². The molecule has 0 bridgehead atoms. The first-order chi connectivity index (χ1) is 9.40. The van der Waals surface area contributed by atoms with Gasteiger partial charge >= 0.3 is 5.97 Å². The van der Waals surface area contributed by atoms with Crippen LogP contribution in [0, 0.1) is 5.82 Å². The summed E-state index contributed by atoms with van der Waals surface area (Å²) >= 11 is 0. The molecule has 0 radical (unpaired) electrons. The highest BCUT2D eigenvalue weighted by molar-refractivity contribution is 5.91. The lowest BCUT2D eigenvalue weighted by Crippen LogP contribution is -2.19. The van der Waals surface area contributed by atoms with Gasteiger partial charge in [0.15, 0.2) is 0 Å². The van der Waals surface area contributed by atoms with Gasteiger partial charge in [-0.3, -0.25) is 0 Å². The van der Waals surface area contributed by atoms with Crippen LogP contribution in [0.3, 0.4) is 0 Å². The van der Waals surface area contributed by atoms with E-state index in [1.807, 2.05) is 0 Å². The monoisotopic (exact) mass is 282 g/mol. The number of esters is 1. The lowest BCUT2D eigenvalue weighted by Gasteiger charge is -2.19. The summed E-state index contributed by atoms with van der Waals surface area (Å²) in [6.45, 7) is 3.38. The van der Waals surface area contributed by atoms with Gasteiger partial charge in [0.1, 0.15) is 23.5 Å². The van der Waals surface area contributed by atoms with E-state index in [-0.39, 0.29) is 5.56 Å². The molecule has 6 heteroatoms. The average molecular weight is 282 g/mol. The fraction of sp³-hybridized carbons (Fsp3) is 0.357. The average Bonchev–Trinajstić information content (AvgIpc) is 2.45. The first-order valence-corrected chi connectivity index (χ1v) is 6.09. The molecule has 0 saturated heterocycles. The van der Waals surface area contributed by atoms with Crippen molar-refractivity contribution >= 4 is 5.97 Å². The Morgan fingerprint density at radius 2 is 2.10 bits per heavy atom. The molecule has 1 aromatic rings. The van der Waals surface area contributed by atoms with Crippen molar-refractivity contribution in [2.45, 2.75) is 20.0 Å². The lowest BCUT2D eigenvalue weighted by atomic mass is 10.0. The molecule has 5 nitrogen and oxygen atoms in total. The molecule has 20 heavy (non-hydrogen) atoms. The zero-order valence-electron chi connectivity index (χ0n) is 12.0. The summed E-state index contributed by atoms with van der Waals surface area (Å²) in [6, 6.07) is 3.82. The molecular formula is C14H19FN2O3. The van der Waals surface area contributed by atoms with E-state index in [0.717, 1.165) is 0 Å². The number of ether oxygens (including phenoxy) is 2. The van der Waals surface area contributed by atoms with Gasteiger partial charge in [-0.15, -0.1) is 0 Å². The number of halogens is 1. The minimum atomic E-state index is -0.549. The van der Waals surface area contributed by atoms with E-state index in [4.69, 9.17) is 10.5 Å². The van der Waals surface area contributed by atoms with Crippen molar-refractivity contribution in [2.24, 2.45) is 5.73 Å². The molecule has 110 valence electrons. The Balaban J connectivity index is 3.11. The number of nitrogens with one attached hydrogen (secondary N) is 1. The first-order valence-electron chi connectivity index (χ1n) is 6.09. The van der Waals surface area contributed by atoms with Gasteiger partial charge in [-0.2, -0.15) is 0 Å². The highest BCUT2D eigenvalue weighted by Gasteiger charge is 2.19. The van der Waals surface area contributed by atoms with Crippen LogP contribution in [0.5, 0.6) is 0 Å². The Hall–Kier alpha value is -2.24. The number of allylic oxidation sites excluding steroid dienone is 1. The molecule has 0 heterocycles. The number of nitrogens with two attached hydrogens (primary N) is 1. The summed E-state index contributed by atoms with van der Waals surface area (Å²) in [5, 5.41) is 2.75. The molecule has 3 N–H and O–H groups in total. The lowest BCUT2D eigenvalue weighted by molar-refractivity contribution is 0.0590. The molecule has 0 fully saturated rings. The van der Waals surface area contributed by atoms with E-state index < -0.39 is 17.9 Å². The van der Waals surface area contributed by atoms with Crippen molar-refractivity contribution in [3.8, 4) is 0 Å². The number of carbonyl (C=O) groups excluding carboxylic acids is 1.